The number of hydrogen-bond acceptors (Lipinski definition) is 3. The number of amides is 1. The summed E-state index contributed by atoms with van der Waals surface area (Å²) in [6.45, 7) is 5.29. The van der Waals surface area contributed by atoms with Gasteiger partial charge in [0, 0.05) is 28.9 Å². The van der Waals surface area contributed by atoms with E-state index in [1.807, 2.05) is 38.1 Å². The number of hydrogen-bond donors (Lipinski definition) is 3. The Hall–Kier alpha value is -2.40. The summed E-state index contributed by atoms with van der Waals surface area (Å²) in [6.07, 6.45) is 1.65. The molecular weight excluding hydrogens is 302 g/mol. The van der Waals surface area contributed by atoms with Crippen LogP contribution in [0.2, 0.25) is 0 Å². The first-order valence-electron chi connectivity index (χ1n) is 8.31. The molecule has 0 spiro atoms. The number of Topliss-reactive ketones (excluding diaryl/α,β-unsaturated/α-hetero) is 1. The number of aromatic amines is 1. The Balaban J connectivity index is 1.80. The van der Waals surface area contributed by atoms with Crippen LogP contribution in [0.1, 0.15) is 63.9 Å². The zero-order valence-corrected chi connectivity index (χ0v) is 14.3. The van der Waals surface area contributed by atoms with Gasteiger partial charge < -0.3 is 16.0 Å². The van der Waals surface area contributed by atoms with Gasteiger partial charge in [-0.25, -0.2) is 0 Å². The van der Waals surface area contributed by atoms with Gasteiger partial charge >= 0.3 is 0 Å². The summed E-state index contributed by atoms with van der Waals surface area (Å²) in [5, 5.41) is 2.90. The first kappa shape index (κ1) is 16.5. The maximum atomic E-state index is 12.6. The van der Waals surface area contributed by atoms with Crippen LogP contribution in [0.15, 0.2) is 24.3 Å². The van der Waals surface area contributed by atoms with Gasteiger partial charge in [0.25, 0.3) is 5.91 Å². The van der Waals surface area contributed by atoms with E-state index in [2.05, 4.69) is 10.3 Å². The summed E-state index contributed by atoms with van der Waals surface area (Å²) < 4.78 is 0. The number of carbonyl (C=O) groups is 2. The maximum absolute atomic E-state index is 12.6. The summed E-state index contributed by atoms with van der Waals surface area (Å²) in [5.41, 5.74) is 10.4. The smallest absolute Gasteiger partial charge is 0.272 e. The fourth-order valence-corrected chi connectivity index (χ4v) is 3.31. The molecule has 2 aromatic rings. The van der Waals surface area contributed by atoms with E-state index in [4.69, 9.17) is 5.73 Å². The summed E-state index contributed by atoms with van der Waals surface area (Å²) in [5.74, 6) is 0.203. The molecule has 1 aromatic heterocycles. The van der Waals surface area contributed by atoms with E-state index in [9.17, 15) is 9.59 Å². The summed E-state index contributed by atoms with van der Waals surface area (Å²) in [7, 11) is 0. The number of nitrogens with two attached hydrogens (primary N) is 1. The van der Waals surface area contributed by atoms with Crippen LogP contribution >= 0.6 is 0 Å². The Labute approximate surface area is 141 Å². The maximum Gasteiger partial charge on any atom is 0.272 e. The third-order valence-electron chi connectivity index (χ3n) is 4.66. The van der Waals surface area contributed by atoms with Gasteiger partial charge in [-0.3, -0.25) is 9.59 Å². The molecule has 1 aliphatic carbocycles. The molecule has 1 amide bonds. The largest absolute Gasteiger partial charge is 0.354 e. The van der Waals surface area contributed by atoms with Crippen LogP contribution in [0, 0.1) is 6.92 Å². The van der Waals surface area contributed by atoms with Crippen LogP contribution in [-0.2, 0) is 6.42 Å². The zero-order chi connectivity index (χ0) is 17.4. The van der Waals surface area contributed by atoms with Crippen molar-refractivity contribution in [3.63, 3.8) is 0 Å². The first-order chi connectivity index (χ1) is 11.4. The van der Waals surface area contributed by atoms with Gasteiger partial charge in [0.1, 0.15) is 5.69 Å². The zero-order valence-electron chi connectivity index (χ0n) is 14.3. The van der Waals surface area contributed by atoms with E-state index < -0.39 is 0 Å². The minimum absolute atomic E-state index is 0.0234. The van der Waals surface area contributed by atoms with Crippen LogP contribution in [0.4, 0.5) is 5.69 Å². The third-order valence-corrected chi connectivity index (χ3v) is 4.66. The van der Waals surface area contributed by atoms with Crippen molar-refractivity contribution in [2.75, 3.05) is 5.32 Å². The Morgan fingerprint density at radius 1 is 1.29 bits per heavy atom. The third kappa shape index (κ3) is 2.99. The second kappa shape index (κ2) is 6.24. The molecule has 0 aliphatic heterocycles. The van der Waals surface area contributed by atoms with Crippen molar-refractivity contribution < 1.29 is 9.59 Å². The highest BCUT2D eigenvalue weighted by Crippen LogP contribution is 2.39. The molecule has 0 unspecified atom stereocenters. The summed E-state index contributed by atoms with van der Waals surface area (Å²) in [6, 6.07) is 8.07. The van der Waals surface area contributed by atoms with Gasteiger partial charge in [-0.05, 0) is 49.9 Å². The van der Waals surface area contributed by atoms with E-state index in [1.165, 1.54) is 12.5 Å². The Kier molecular flexibility index (Phi) is 4.28. The number of H-pyrrole nitrogens is 1. The monoisotopic (exact) mass is 325 g/mol. The van der Waals surface area contributed by atoms with Crippen molar-refractivity contribution in [1.29, 1.82) is 0 Å². The van der Waals surface area contributed by atoms with Crippen LogP contribution in [-0.4, -0.2) is 22.7 Å². The number of carbonyl (C=O) groups excluding carboxylic acids is 2. The van der Waals surface area contributed by atoms with Gasteiger partial charge in [-0.2, -0.15) is 0 Å². The minimum Gasteiger partial charge on any atom is -0.354 e. The number of aryl methyl sites for hydroxylation is 1. The van der Waals surface area contributed by atoms with Crippen molar-refractivity contribution in [2.24, 2.45) is 5.73 Å². The SMILES string of the molecule is CCc1c(C(=O)Nc2ccc([C@@H]3C[C@H]3N)cc2)[nH]c(C)c1C(C)=O. The van der Waals surface area contributed by atoms with Crippen LogP contribution in [0.5, 0.6) is 0 Å². The average molecular weight is 325 g/mol. The molecule has 2 atom stereocenters. The van der Waals surface area contributed by atoms with Crippen molar-refractivity contribution in [3.05, 3.63) is 52.3 Å². The number of anilines is 1. The Morgan fingerprint density at radius 3 is 2.42 bits per heavy atom. The lowest BCUT2D eigenvalue weighted by Crippen LogP contribution is -2.14. The van der Waals surface area contributed by atoms with E-state index in [-0.39, 0.29) is 17.7 Å². The molecule has 5 nitrogen and oxygen atoms in total. The van der Waals surface area contributed by atoms with E-state index >= 15 is 0 Å². The highest BCUT2D eigenvalue weighted by molar-refractivity contribution is 6.07. The Morgan fingerprint density at radius 2 is 1.92 bits per heavy atom. The number of benzene rings is 1. The molecular formula is C19H23N3O2. The summed E-state index contributed by atoms with van der Waals surface area (Å²) in [4.78, 5) is 27.5. The van der Waals surface area contributed by atoms with Crippen molar-refractivity contribution >= 4 is 17.4 Å². The molecule has 1 saturated carbocycles. The van der Waals surface area contributed by atoms with Crippen molar-refractivity contribution in [1.82, 2.24) is 4.98 Å². The molecule has 1 aliphatic rings. The second-order valence-electron chi connectivity index (χ2n) is 6.47. The average Bonchev–Trinajstić information content (AvgIpc) is 3.16. The van der Waals surface area contributed by atoms with Gasteiger partial charge in [0.05, 0.1) is 0 Å². The fraction of sp³-hybridized carbons (Fsp3) is 0.368. The standard InChI is InChI=1S/C19H23N3O2/c1-4-14-17(11(3)23)10(2)21-18(14)19(24)22-13-7-5-12(6-8-13)15-9-16(15)20/h5-8,15-16,21H,4,9,20H2,1-3H3,(H,22,24)/t15-,16+/m0/s1. The van der Waals surface area contributed by atoms with E-state index in [0.717, 1.165) is 23.4 Å². The van der Waals surface area contributed by atoms with Gasteiger partial charge in [-0.1, -0.05) is 19.1 Å². The molecule has 1 aromatic carbocycles. The molecule has 0 saturated heterocycles. The minimum atomic E-state index is -0.224. The molecule has 24 heavy (non-hydrogen) atoms. The molecule has 3 rings (SSSR count). The normalized spacial score (nSPS) is 19.2. The highest BCUT2D eigenvalue weighted by atomic mass is 16.2. The second-order valence-corrected chi connectivity index (χ2v) is 6.47. The molecule has 126 valence electrons. The van der Waals surface area contributed by atoms with Gasteiger partial charge in [-0.15, -0.1) is 0 Å². The Bertz CT molecular complexity index is 790. The van der Waals surface area contributed by atoms with E-state index in [0.29, 0.717) is 23.6 Å². The van der Waals surface area contributed by atoms with Crippen LogP contribution in [0.3, 0.4) is 0 Å². The lowest BCUT2D eigenvalue weighted by Gasteiger charge is -2.07. The molecule has 5 heteroatoms. The van der Waals surface area contributed by atoms with Crippen LogP contribution in [0.25, 0.3) is 0 Å². The molecule has 0 radical (unpaired) electrons. The van der Waals surface area contributed by atoms with Crippen LogP contribution < -0.4 is 11.1 Å². The predicted octanol–water partition coefficient (Wildman–Crippen LogP) is 3.16. The quantitative estimate of drug-likeness (QED) is 0.738. The predicted molar refractivity (Wildman–Crippen MR) is 94.6 cm³/mol. The van der Waals surface area contributed by atoms with Gasteiger partial charge in [0.2, 0.25) is 0 Å². The van der Waals surface area contributed by atoms with Crippen molar-refractivity contribution in [2.45, 2.75) is 45.6 Å². The lowest BCUT2D eigenvalue weighted by molar-refractivity contribution is 0.101. The number of ketones is 1. The molecule has 4 N–H and O–H groups in total. The fourth-order valence-electron chi connectivity index (χ4n) is 3.31. The highest BCUT2D eigenvalue weighted by Gasteiger charge is 2.34. The van der Waals surface area contributed by atoms with Crippen molar-refractivity contribution in [3.8, 4) is 0 Å². The number of aromatic nitrogens is 1. The molecule has 1 fully saturated rings. The molecule has 1 heterocycles. The molecule has 0 bridgehead atoms. The number of nitrogens with one attached hydrogen (secondary N) is 2. The van der Waals surface area contributed by atoms with E-state index in [1.54, 1.807) is 0 Å². The first-order valence-corrected chi connectivity index (χ1v) is 8.31. The summed E-state index contributed by atoms with van der Waals surface area (Å²) >= 11 is 0. The van der Waals surface area contributed by atoms with Gasteiger partial charge in [0.15, 0.2) is 5.78 Å². The number of rotatable bonds is 5. The lowest BCUT2D eigenvalue weighted by atomic mass is 10.0. The topological polar surface area (TPSA) is 88.0 Å².